The molecule has 3 rings (SSSR count). The monoisotopic (exact) mass is 347 g/mol. The van der Waals surface area contributed by atoms with Gasteiger partial charge < -0.3 is 14.3 Å². The Morgan fingerprint density at radius 3 is 2.52 bits per heavy atom. The minimum absolute atomic E-state index is 0.0489. The molecule has 2 fully saturated rings. The molecule has 1 aromatic heterocycles. The first-order chi connectivity index (χ1) is 11.8. The van der Waals surface area contributed by atoms with E-state index in [-0.39, 0.29) is 23.1 Å². The minimum atomic E-state index is -0.0855. The molecular weight excluding hydrogens is 318 g/mol. The van der Waals surface area contributed by atoms with Crippen LogP contribution < -0.4 is 0 Å². The van der Waals surface area contributed by atoms with E-state index in [0.29, 0.717) is 31.2 Å². The molecule has 25 heavy (non-hydrogen) atoms. The summed E-state index contributed by atoms with van der Waals surface area (Å²) in [6.45, 7) is 11.4. The average Bonchev–Trinajstić information content (AvgIpc) is 3.13. The first-order valence-electron chi connectivity index (χ1n) is 9.33. The fourth-order valence-corrected chi connectivity index (χ4v) is 3.93. The molecule has 0 bridgehead atoms. The number of aromatic nitrogens is 1. The second-order valence-corrected chi connectivity index (χ2v) is 8.41. The summed E-state index contributed by atoms with van der Waals surface area (Å²) in [5.41, 5.74) is 0.857. The van der Waals surface area contributed by atoms with Crippen molar-refractivity contribution in [2.75, 3.05) is 26.2 Å². The number of amides is 2. The van der Waals surface area contributed by atoms with Crippen molar-refractivity contribution < 1.29 is 14.1 Å². The third kappa shape index (κ3) is 3.72. The molecule has 1 aromatic rings. The Balaban J connectivity index is 1.60. The summed E-state index contributed by atoms with van der Waals surface area (Å²) in [7, 11) is 0. The van der Waals surface area contributed by atoms with Gasteiger partial charge in [-0.15, -0.1) is 0 Å². The molecule has 138 valence electrons. The van der Waals surface area contributed by atoms with E-state index in [2.05, 4.69) is 19.0 Å². The highest BCUT2D eigenvalue weighted by molar-refractivity contribution is 5.91. The molecule has 2 amide bonds. The molecule has 0 radical (unpaired) electrons. The predicted molar refractivity (Wildman–Crippen MR) is 94.2 cm³/mol. The van der Waals surface area contributed by atoms with Crippen molar-refractivity contribution in [3.05, 3.63) is 17.5 Å². The van der Waals surface area contributed by atoms with Crippen molar-refractivity contribution >= 4 is 11.8 Å². The van der Waals surface area contributed by atoms with Crippen molar-refractivity contribution in [1.82, 2.24) is 15.0 Å². The van der Waals surface area contributed by atoms with Crippen LogP contribution in [0.15, 0.2) is 10.6 Å². The van der Waals surface area contributed by atoms with E-state index in [1.54, 1.807) is 6.07 Å². The van der Waals surface area contributed by atoms with Gasteiger partial charge in [-0.3, -0.25) is 9.59 Å². The largest absolute Gasteiger partial charge is 0.351 e. The van der Waals surface area contributed by atoms with Crippen molar-refractivity contribution in [3.63, 3.8) is 0 Å². The van der Waals surface area contributed by atoms with Crippen LogP contribution in [0, 0.1) is 11.3 Å². The zero-order valence-electron chi connectivity index (χ0n) is 15.7. The first-order valence-corrected chi connectivity index (χ1v) is 9.33. The Bertz CT molecular complexity index is 642. The third-order valence-corrected chi connectivity index (χ3v) is 5.43. The molecule has 2 aliphatic heterocycles. The number of hydrogen-bond donors (Lipinski definition) is 0. The summed E-state index contributed by atoms with van der Waals surface area (Å²) in [5, 5.41) is 3.98. The van der Waals surface area contributed by atoms with Gasteiger partial charge in [0.05, 0.1) is 5.69 Å². The van der Waals surface area contributed by atoms with E-state index in [1.807, 2.05) is 23.6 Å². The molecule has 0 atom stereocenters. The molecule has 0 aromatic carbocycles. The maximum absolute atomic E-state index is 12.6. The highest BCUT2D eigenvalue weighted by atomic mass is 16.5. The second kappa shape index (κ2) is 6.81. The number of carbonyl (C=O) groups is 2. The van der Waals surface area contributed by atoms with Crippen LogP contribution in [-0.2, 0) is 4.79 Å². The Hall–Kier alpha value is -1.85. The zero-order chi connectivity index (χ0) is 18.2. The molecule has 6 heteroatoms. The fraction of sp³-hybridized carbons (Fsp3) is 0.737. The van der Waals surface area contributed by atoms with E-state index in [0.717, 1.165) is 31.6 Å². The van der Waals surface area contributed by atoms with Crippen LogP contribution in [0.3, 0.4) is 0 Å². The van der Waals surface area contributed by atoms with Crippen LogP contribution in [0.1, 0.15) is 69.1 Å². The van der Waals surface area contributed by atoms with Gasteiger partial charge in [-0.2, -0.15) is 0 Å². The van der Waals surface area contributed by atoms with Crippen LogP contribution in [0.25, 0.3) is 0 Å². The average molecular weight is 347 g/mol. The Morgan fingerprint density at radius 2 is 1.96 bits per heavy atom. The molecule has 0 saturated carbocycles. The number of piperidine rings is 1. The highest BCUT2D eigenvalue weighted by Gasteiger charge is 2.45. The summed E-state index contributed by atoms with van der Waals surface area (Å²) in [6, 6.07) is 1.75. The van der Waals surface area contributed by atoms with E-state index in [1.165, 1.54) is 0 Å². The number of likely N-dealkylation sites (tertiary alicyclic amines) is 2. The lowest BCUT2D eigenvalue weighted by atomic mass is 9.77. The van der Waals surface area contributed by atoms with Crippen LogP contribution >= 0.6 is 0 Å². The molecule has 0 N–H and O–H groups in total. The molecule has 0 aliphatic carbocycles. The van der Waals surface area contributed by atoms with Gasteiger partial charge in [0.25, 0.3) is 5.91 Å². The maximum atomic E-state index is 12.6. The van der Waals surface area contributed by atoms with Crippen LogP contribution in [0.5, 0.6) is 0 Å². The normalized spacial score (nSPS) is 20.3. The van der Waals surface area contributed by atoms with E-state index < -0.39 is 0 Å². The number of nitrogens with zero attached hydrogens (tertiary/aromatic N) is 3. The first kappa shape index (κ1) is 18.0. The summed E-state index contributed by atoms with van der Waals surface area (Å²) in [6.07, 6.45) is 2.38. The van der Waals surface area contributed by atoms with Crippen molar-refractivity contribution in [2.24, 2.45) is 11.3 Å². The minimum Gasteiger partial charge on any atom is -0.351 e. The Kier molecular flexibility index (Phi) is 4.89. The van der Waals surface area contributed by atoms with Crippen LogP contribution in [-0.4, -0.2) is 52.9 Å². The number of hydrogen-bond acceptors (Lipinski definition) is 4. The third-order valence-electron chi connectivity index (χ3n) is 5.43. The number of carbonyl (C=O) groups excluding carboxylic acids is 2. The molecule has 1 spiro atoms. The van der Waals surface area contributed by atoms with Crippen molar-refractivity contribution in [1.29, 1.82) is 0 Å². The molecule has 3 heterocycles. The van der Waals surface area contributed by atoms with Gasteiger partial charge in [0.2, 0.25) is 11.7 Å². The summed E-state index contributed by atoms with van der Waals surface area (Å²) in [4.78, 5) is 28.8. The summed E-state index contributed by atoms with van der Waals surface area (Å²) >= 11 is 0. The van der Waals surface area contributed by atoms with Crippen LogP contribution in [0.2, 0.25) is 0 Å². The van der Waals surface area contributed by atoms with E-state index >= 15 is 0 Å². The van der Waals surface area contributed by atoms with Gasteiger partial charge >= 0.3 is 0 Å². The quantitative estimate of drug-likeness (QED) is 0.840. The van der Waals surface area contributed by atoms with Gasteiger partial charge in [-0.25, -0.2) is 0 Å². The lowest BCUT2D eigenvalue weighted by Gasteiger charge is -2.38. The standard InChI is InChI=1S/C19H29N3O3/c1-13(2)11-22-12-19(10-17(22)23)5-7-21(8-6-19)18(24)16-9-15(14(3)4)20-25-16/h9,13-14H,5-8,10-12H2,1-4H3. The zero-order valence-corrected chi connectivity index (χ0v) is 15.7. The van der Waals surface area contributed by atoms with Gasteiger partial charge in [0.1, 0.15) is 0 Å². The second-order valence-electron chi connectivity index (χ2n) is 8.41. The van der Waals surface area contributed by atoms with Crippen molar-refractivity contribution in [3.8, 4) is 0 Å². The predicted octanol–water partition coefficient (Wildman–Crippen LogP) is 2.91. The van der Waals surface area contributed by atoms with Gasteiger partial charge in [0.15, 0.2) is 0 Å². The van der Waals surface area contributed by atoms with Gasteiger partial charge in [-0.05, 0) is 24.7 Å². The van der Waals surface area contributed by atoms with Gasteiger partial charge in [-0.1, -0.05) is 32.9 Å². The lowest BCUT2D eigenvalue weighted by Crippen LogP contribution is -2.44. The molecule has 2 aliphatic rings. The van der Waals surface area contributed by atoms with E-state index in [4.69, 9.17) is 4.52 Å². The molecular formula is C19H29N3O3. The molecule has 6 nitrogen and oxygen atoms in total. The topological polar surface area (TPSA) is 66.7 Å². The summed E-state index contributed by atoms with van der Waals surface area (Å²) < 4.78 is 5.23. The number of rotatable bonds is 4. The highest BCUT2D eigenvalue weighted by Crippen LogP contribution is 2.41. The fourth-order valence-electron chi connectivity index (χ4n) is 3.93. The maximum Gasteiger partial charge on any atom is 0.292 e. The van der Waals surface area contributed by atoms with Crippen LogP contribution in [0.4, 0.5) is 0 Å². The molecule has 0 unspecified atom stereocenters. The molecule has 2 saturated heterocycles. The van der Waals surface area contributed by atoms with E-state index in [9.17, 15) is 9.59 Å². The Labute approximate surface area is 149 Å². The lowest BCUT2D eigenvalue weighted by molar-refractivity contribution is -0.128. The Morgan fingerprint density at radius 1 is 1.28 bits per heavy atom. The van der Waals surface area contributed by atoms with Crippen molar-refractivity contribution in [2.45, 2.75) is 52.9 Å². The summed E-state index contributed by atoms with van der Waals surface area (Å²) in [5.74, 6) is 1.24. The SMILES string of the molecule is CC(C)CN1CC2(CCN(C(=O)c3cc(C(C)C)no3)CC2)CC1=O. The smallest absolute Gasteiger partial charge is 0.292 e. The van der Waals surface area contributed by atoms with Gasteiger partial charge in [0, 0.05) is 44.1 Å².